The lowest BCUT2D eigenvalue weighted by Gasteiger charge is -2.14. The van der Waals surface area contributed by atoms with Gasteiger partial charge in [-0.2, -0.15) is 0 Å². The molecule has 0 saturated heterocycles. The zero-order valence-corrected chi connectivity index (χ0v) is 18.0. The number of phenols is 1. The number of rotatable bonds is 7. The Morgan fingerprint density at radius 3 is 2.24 bits per heavy atom. The molecule has 0 fully saturated rings. The number of phenolic OH excluding ortho intramolecular Hbond substituents is 1. The molecule has 0 atom stereocenters. The molecule has 0 spiro atoms. The van der Waals surface area contributed by atoms with Crippen LogP contribution in [0.15, 0.2) is 78.9 Å². The third-order valence-corrected chi connectivity index (χ3v) is 5.48. The van der Waals surface area contributed by atoms with Crippen molar-refractivity contribution in [2.24, 2.45) is 0 Å². The predicted molar refractivity (Wildman–Crippen MR) is 126 cm³/mol. The normalized spacial score (nSPS) is 12.1. The van der Waals surface area contributed by atoms with Crippen molar-refractivity contribution < 1.29 is 29.3 Å². The lowest BCUT2D eigenvalue weighted by molar-refractivity contribution is -0.111. The average Bonchev–Trinajstić information content (AvgIpc) is 3.15. The van der Waals surface area contributed by atoms with E-state index in [1.807, 2.05) is 36.4 Å². The van der Waals surface area contributed by atoms with Crippen molar-refractivity contribution in [2.45, 2.75) is 5.92 Å². The first-order valence-corrected chi connectivity index (χ1v) is 10.6. The summed E-state index contributed by atoms with van der Waals surface area (Å²) in [5, 5.41) is 23.7. The summed E-state index contributed by atoms with van der Waals surface area (Å²) in [6.45, 7) is 0.231. The van der Waals surface area contributed by atoms with E-state index in [0.29, 0.717) is 0 Å². The Hall–Kier alpha value is -4.59. The van der Waals surface area contributed by atoms with Crippen molar-refractivity contribution in [3.05, 3.63) is 95.6 Å². The zero-order chi connectivity index (χ0) is 24.1. The molecule has 0 radical (unpaired) electrons. The summed E-state index contributed by atoms with van der Waals surface area (Å²) >= 11 is 0. The van der Waals surface area contributed by atoms with E-state index in [0.717, 1.165) is 34.4 Å². The number of alkyl carbamates (subject to hydrolysis) is 1. The van der Waals surface area contributed by atoms with Gasteiger partial charge in [-0.3, -0.25) is 4.79 Å². The number of benzene rings is 3. The number of ether oxygens (including phenoxy) is 1. The van der Waals surface area contributed by atoms with Crippen LogP contribution in [0.3, 0.4) is 0 Å². The van der Waals surface area contributed by atoms with E-state index in [4.69, 9.17) is 9.84 Å². The fourth-order valence-electron chi connectivity index (χ4n) is 3.90. The minimum Gasteiger partial charge on any atom is -0.506 e. The molecule has 8 heteroatoms. The topological polar surface area (TPSA) is 125 Å². The molecule has 4 rings (SSSR count). The van der Waals surface area contributed by atoms with Gasteiger partial charge in [-0.15, -0.1) is 0 Å². The Balaban J connectivity index is 1.27. The van der Waals surface area contributed by atoms with Gasteiger partial charge >= 0.3 is 12.1 Å². The predicted octanol–water partition coefficient (Wildman–Crippen LogP) is 4.12. The highest BCUT2D eigenvalue weighted by atomic mass is 16.5. The van der Waals surface area contributed by atoms with Crippen LogP contribution in [0.4, 0.5) is 10.5 Å². The molecule has 172 valence electrons. The third-order valence-electron chi connectivity index (χ3n) is 5.48. The number of hydrogen-bond donors (Lipinski definition) is 4. The highest BCUT2D eigenvalue weighted by Gasteiger charge is 2.28. The maximum atomic E-state index is 12.1. The number of carboxylic acids is 1. The fraction of sp³-hybridized carbons (Fsp3) is 0.115. The van der Waals surface area contributed by atoms with E-state index in [9.17, 15) is 19.5 Å². The van der Waals surface area contributed by atoms with Crippen LogP contribution in [0.2, 0.25) is 0 Å². The Morgan fingerprint density at radius 2 is 1.59 bits per heavy atom. The fourth-order valence-corrected chi connectivity index (χ4v) is 3.90. The maximum absolute atomic E-state index is 12.1. The van der Waals surface area contributed by atoms with Crippen LogP contribution in [-0.2, 0) is 9.53 Å². The summed E-state index contributed by atoms with van der Waals surface area (Å²) in [7, 11) is 0. The molecule has 3 aromatic carbocycles. The van der Waals surface area contributed by atoms with Gasteiger partial charge in [-0.25, -0.2) is 9.59 Å². The molecule has 0 unspecified atom stereocenters. The highest BCUT2D eigenvalue weighted by molar-refractivity contribution is 6.01. The van der Waals surface area contributed by atoms with E-state index in [-0.39, 0.29) is 36.1 Å². The first-order valence-electron chi connectivity index (χ1n) is 10.6. The van der Waals surface area contributed by atoms with E-state index in [2.05, 4.69) is 22.8 Å². The number of aromatic carboxylic acids is 1. The molecule has 2 amide bonds. The van der Waals surface area contributed by atoms with Crippen LogP contribution in [0.25, 0.3) is 11.1 Å². The molecule has 0 saturated carbocycles. The summed E-state index contributed by atoms with van der Waals surface area (Å²) in [6, 6.07) is 19.6. The van der Waals surface area contributed by atoms with Crippen molar-refractivity contribution in [1.82, 2.24) is 5.32 Å². The standard InChI is InChI=1S/C26H22N2O6/c29-23-12-11-16(25(31)32)14-22(23)28-24(30)10-5-13-27-26(33)34-15-21-19-8-3-1-6-17(19)18-7-2-4-9-20(18)21/h1-12,14,21,29H,13,15H2,(H,27,33)(H,28,30)(H,31,32)/b10-5+. The zero-order valence-electron chi connectivity index (χ0n) is 18.0. The Morgan fingerprint density at radius 1 is 0.941 bits per heavy atom. The molecule has 0 heterocycles. The molecule has 4 N–H and O–H groups in total. The van der Waals surface area contributed by atoms with Crippen molar-refractivity contribution in [3.63, 3.8) is 0 Å². The molecule has 8 nitrogen and oxygen atoms in total. The second kappa shape index (κ2) is 9.91. The lowest BCUT2D eigenvalue weighted by Crippen LogP contribution is -2.26. The molecule has 1 aliphatic rings. The lowest BCUT2D eigenvalue weighted by atomic mass is 9.98. The SMILES string of the molecule is O=C(/C=C/CNC(=O)OCC1c2ccccc2-c2ccccc21)Nc1cc(C(=O)O)ccc1O. The molecular weight excluding hydrogens is 436 g/mol. The van der Waals surface area contributed by atoms with Gasteiger partial charge in [0.05, 0.1) is 11.3 Å². The molecule has 0 aliphatic heterocycles. The van der Waals surface area contributed by atoms with E-state index < -0.39 is 18.0 Å². The number of nitrogens with one attached hydrogen (secondary N) is 2. The minimum atomic E-state index is -1.18. The van der Waals surface area contributed by atoms with Gasteiger partial charge in [0.2, 0.25) is 5.91 Å². The van der Waals surface area contributed by atoms with Crippen molar-refractivity contribution in [2.75, 3.05) is 18.5 Å². The number of fused-ring (bicyclic) bond motifs is 3. The number of carboxylic acid groups (broad SMARTS) is 1. The second-order valence-corrected chi connectivity index (χ2v) is 7.64. The molecule has 1 aliphatic carbocycles. The molecule has 3 aromatic rings. The number of anilines is 1. The smallest absolute Gasteiger partial charge is 0.407 e. The number of carbonyl (C=O) groups is 3. The minimum absolute atomic E-state index is 0.0287. The van der Waals surface area contributed by atoms with Crippen LogP contribution < -0.4 is 10.6 Å². The van der Waals surface area contributed by atoms with Gasteiger partial charge in [0, 0.05) is 18.5 Å². The van der Waals surface area contributed by atoms with Crippen molar-refractivity contribution in [1.29, 1.82) is 0 Å². The van der Waals surface area contributed by atoms with Gasteiger partial charge in [-0.1, -0.05) is 54.6 Å². The quantitative estimate of drug-likeness (QED) is 0.312. The average molecular weight is 458 g/mol. The number of carbonyl (C=O) groups excluding carboxylic acids is 2. The summed E-state index contributed by atoms with van der Waals surface area (Å²) in [5.41, 5.74) is 4.40. The maximum Gasteiger partial charge on any atom is 0.407 e. The van der Waals surface area contributed by atoms with Gasteiger partial charge in [0.1, 0.15) is 12.4 Å². The molecule has 34 heavy (non-hydrogen) atoms. The number of aromatic hydroxyl groups is 1. The first-order chi connectivity index (χ1) is 16.4. The molecular formula is C26H22N2O6. The summed E-state index contributed by atoms with van der Waals surface area (Å²) in [5.74, 6) is -2.08. The monoisotopic (exact) mass is 458 g/mol. The van der Waals surface area contributed by atoms with Crippen LogP contribution in [-0.4, -0.2) is 41.3 Å². The summed E-state index contributed by atoms with van der Waals surface area (Å²) in [4.78, 5) is 35.2. The van der Waals surface area contributed by atoms with Gasteiger partial charge < -0.3 is 25.6 Å². The number of amides is 2. The van der Waals surface area contributed by atoms with Crippen LogP contribution in [0.1, 0.15) is 27.4 Å². The second-order valence-electron chi connectivity index (χ2n) is 7.64. The molecule has 0 aromatic heterocycles. The number of hydrogen-bond acceptors (Lipinski definition) is 5. The Labute approximate surface area is 195 Å². The third kappa shape index (κ3) is 4.91. The largest absolute Gasteiger partial charge is 0.506 e. The first kappa shape index (κ1) is 22.6. The van der Waals surface area contributed by atoms with Crippen molar-refractivity contribution >= 4 is 23.7 Å². The van der Waals surface area contributed by atoms with E-state index in [1.54, 1.807) is 0 Å². The van der Waals surface area contributed by atoms with Gasteiger partial charge in [-0.05, 0) is 40.5 Å². The van der Waals surface area contributed by atoms with Gasteiger partial charge in [0.15, 0.2) is 0 Å². The summed E-state index contributed by atoms with van der Waals surface area (Å²) in [6.07, 6.45) is 1.96. The Kier molecular flexibility index (Phi) is 6.59. The van der Waals surface area contributed by atoms with E-state index in [1.165, 1.54) is 18.2 Å². The van der Waals surface area contributed by atoms with Gasteiger partial charge in [0.25, 0.3) is 0 Å². The van der Waals surface area contributed by atoms with Crippen molar-refractivity contribution in [3.8, 4) is 16.9 Å². The van der Waals surface area contributed by atoms with Crippen LogP contribution in [0, 0.1) is 0 Å². The van der Waals surface area contributed by atoms with E-state index >= 15 is 0 Å². The van der Waals surface area contributed by atoms with Crippen LogP contribution >= 0.6 is 0 Å². The highest BCUT2D eigenvalue weighted by Crippen LogP contribution is 2.44. The summed E-state index contributed by atoms with van der Waals surface area (Å²) < 4.78 is 5.42. The molecule has 0 bridgehead atoms. The van der Waals surface area contributed by atoms with Crippen LogP contribution in [0.5, 0.6) is 5.75 Å². The Bertz CT molecular complexity index is 1240.